The quantitative estimate of drug-likeness (QED) is 0.424. The van der Waals surface area contributed by atoms with Gasteiger partial charge in [0, 0.05) is 0 Å². The molecule has 11 heavy (non-hydrogen) atoms. The second-order valence-corrected chi connectivity index (χ2v) is 11.6. The van der Waals surface area contributed by atoms with Crippen LogP contribution >= 0.6 is 0 Å². The Morgan fingerprint density at radius 3 is 1.91 bits per heavy atom. The zero-order valence-corrected chi connectivity index (χ0v) is 10.3. The van der Waals surface area contributed by atoms with Crippen LogP contribution in [0, 0.1) is 0 Å². The predicted octanol–water partition coefficient (Wildman–Crippen LogP) is -2.86. The monoisotopic (exact) mass is 228 g/mol. The summed E-state index contributed by atoms with van der Waals surface area (Å²) in [7, 11) is 0. The Morgan fingerprint density at radius 1 is 1.18 bits per heavy atom. The van der Waals surface area contributed by atoms with Gasteiger partial charge in [-0.2, -0.15) is 0 Å². The molecular weight excluding hydrogens is 215 g/mol. The van der Waals surface area contributed by atoms with E-state index in [1.807, 2.05) is 0 Å². The number of halogens is 2. The van der Waals surface area contributed by atoms with Gasteiger partial charge in [0.05, 0.1) is 0 Å². The molecule has 0 heterocycles. The van der Waals surface area contributed by atoms with E-state index in [-0.39, 0.29) is 24.8 Å². The Balaban J connectivity index is 0. The third-order valence-electron chi connectivity index (χ3n) is 1.73. The molecule has 1 aliphatic carbocycles. The molecule has 0 aliphatic heterocycles. The first kappa shape index (κ1) is 14.3. The Bertz CT molecular complexity index is 165. The average molecular weight is 229 g/mol. The molecule has 3 heteroatoms. The largest absolute Gasteiger partial charge is 1.00 e. The Hall–Kier alpha value is 0.774. The van der Waals surface area contributed by atoms with Gasteiger partial charge in [0.25, 0.3) is 0 Å². The molecule has 0 fully saturated rings. The summed E-state index contributed by atoms with van der Waals surface area (Å²) >= 11 is -1.38. The van der Waals surface area contributed by atoms with Crippen LogP contribution < -0.4 is 24.8 Å². The summed E-state index contributed by atoms with van der Waals surface area (Å²) < 4.78 is 1.73. The van der Waals surface area contributed by atoms with Crippen LogP contribution in [-0.4, -0.2) is 0 Å². The molecule has 0 atom stereocenters. The zero-order chi connectivity index (χ0) is 6.91. The van der Waals surface area contributed by atoms with Crippen LogP contribution in [0.3, 0.4) is 0 Å². The van der Waals surface area contributed by atoms with Gasteiger partial charge in [0.1, 0.15) is 0 Å². The zero-order valence-electron chi connectivity index (χ0n) is 7.20. The second-order valence-electron chi connectivity index (χ2n) is 3.57. The van der Waals surface area contributed by atoms with Crippen LogP contribution in [0.4, 0.5) is 0 Å². The molecule has 0 amide bonds. The maximum absolute atomic E-state index is 2.44. The van der Waals surface area contributed by atoms with E-state index in [1.165, 1.54) is 6.42 Å². The van der Waals surface area contributed by atoms with Crippen molar-refractivity contribution >= 4 is 0 Å². The normalized spacial score (nSPS) is 13.5. The molecule has 0 aromatic rings. The van der Waals surface area contributed by atoms with Crippen molar-refractivity contribution in [2.75, 3.05) is 0 Å². The molecule has 0 aromatic carbocycles. The summed E-state index contributed by atoms with van der Waals surface area (Å²) in [5.74, 6) is 0. The summed E-state index contributed by atoms with van der Waals surface area (Å²) in [4.78, 5) is 0. The van der Waals surface area contributed by atoms with Gasteiger partial charge in [-0.05, 0) is 0 Å². The first-order valence-electron chi connectivity index (χ1n) is 3.47. The molecule has 0 bridgehead atoms. The molecule has 0 saturated carbocycles. The molecular formula is C8H14Cl2Ti. The summed E-state index contributed by atoms with van der Waals surface area (Å²) in [6.45, 7) is 0. The molecule has 0 unspecified atom stereocenters. The van der Waals surface area contributed by atoms with Gasteiger partial charge in [-0.15, -0.1) is 0 Å². The first-order valence-corrected chi connectivity index (χ1v) is 8.93. The third kappa shape index (κ3) is 4.37. The van der Waals surface area contributed by atoms with Crippen molar-refractivity contribution in [3.8, 4) is 0 Å². The molecule has 0 N–H and O–H groups in total. The smallest absolute Gasteiger partial charge is 1.00 e. The van der Waals surface area contributed by atoms with Gasteiger partial charge in [0.15, 0.2) is 0 Å². The summed E-state index contributed by atoms with van der Waals surface area (Å²) in [6.07, 6.45) is 7.99. The minimum Gasteiger partial charge on any atom is -1.00 e. The van der Waals surface area contributed by atoms with Gasteiger partial charge < -0.3 is 24.8 Å². The summed E-state index contributed by atoms with van der Waals surface area (Å²) in [5, 5.41) is 7.33. The van der Waals surface area contributed by atoms with Crippen molar-refractivity contribution in [1.29, 1.82) is 0 Å². The summed E-state index contributed by atoms with van der Waals surface area (Å²) in [5.41, 5.74) is 0. The van der Waals surface area contributed by atoms with Crippen LogP contribution in [0.1, 0.15) is 6.42 Å². The fourth-order valence-corrected chi connectivity index (χ4v) is 3.07. The minimum absolute atomic E-state index is 0. The van der Waals surface area contributed by atoms with Crippen molar-refractivity contribution in [2.24, 2.45) is 0 Å². The van der Waals surface area contributed by atoms with Crippen molar-refractivity contribution in [2.45, 2.75) is 22.1 Å². The fraction of sp³-hybridized carbons (Fsp3) is 0.500. The average Bonchev–Trinajstić information content (AvgIpc) is 2.08. The number of hydrogen-bond donors (Lipinski definition) is 0. The molecule has 1 aliphatic rings. The van der Waals surface area contributed by atoms with E-state index < -0.39 is 16.6 Å². The Kier molecular flexibility index (Phi) is 7.06. The minimum atomic E-state index is -1.38. The molecule has 0 spiro atoms. The van der Waals surface area contributed by atoms with Gasteiger partial charge in [0.2, 0.25) is 0 Å². The van der Waals surface area contributed by atoms with Crippen molar-refractivity contribution < 1.29 is 41.4 Å². The standard InChI is InChI=1S/C5H5.3CH3.2ClH.Ti/c1-2-4-5-3-1;;;;;;/h1-3H,4H2;3*1H3;2*1H;/q;;;;;;+2/p-2. The molecule has 1 rings (SSSR count). The van der Waals surface area contributed by atoms with E-state index in [9.17, 15) is 0 Å². The van der Waals surface area contributed by atoms with Crippen LogP contribution in [-0.2, 0) is 16.6 Å². The maximum Gasteiger partial charge on any atom is -1.00 e. The van der Waals surface area contributed by atoms with Gasteiger partial charge in [-0.3, -0.25) is 0 Å². The van der Waals surface area contributed by atoms with Crippen molar-refractivity contribution in [3.63, 3.8) is 0 Å². The van der Waals surface area contributed by atoms with Crippen LogP contribution in [0.2, 0.25) is 15.7 Å². The number of allylic oxidation sites excluding steroid dienone is 4. The van der Waals surface area contributed by atoms with E-state index in [1.54, 1.807) is 3.88 Å². The molecule has 64 valence electrons. The number of rotatable bonds is 1. The SMILES string of the molecule is [CH3][Ti+2]([CH3])([CH3])[C]1=CC=CC1.[Cl-].[Cl-]. The fourth-order valence-electron chi connectivity index (χ4n) is 1.00. The van der Waals surface area contributed by atoms with Crippen LogP contribution in [0.25, 0.3) is 0 Å². The van der Waals surface area contributed by atoms with E-state index in [0.29, 0.717) is 0 Å². The maximum atomic E-state index is 2.44. The molecule has 0 aromatic heterocycles. The van der Waals surface area contributed by atoms with Crippen molar-refractivity contribution in [1.82, 2.24) is 0 Å². The van der Waals surface area contributed by atoms with Gasteiger partial charge in [-0.25, -0.2) is 0 Å². The van der Waals surface area contributed by atoms with E-state index >= 15 is 0 Å². The van der Waals surface area contributed by atoms with Crippen LogP contribution in [0.15, 0.2) is 22.1 Å². The predicted molar refractivity (Wildman–Crippen MR) is 39.4 cm³/mol. The van der Waals surface area contributed by atoms with Crippen molar-refractivity contribution in [3.05, 3.63) is 22.1 Å². The van der Waals surface area contributed by atoms with E-state index in [2.05, 4.69) is 33.9 Å². The number of hydrogen-bond acceptors (Lipinski definition) is 0. The van der Waals surface area contributed by atoms with E-state index in [0.717, 1.165) is 0 Å². The molecule has 0 saturated heterocycles. The topological polar surface area (TPSA) is 0 Å². The van der Waals surface area contributed by atoms with Gasteiger partial charge in [-0.1, -0.05) is 0 Å². The second kappa shape index (κ2) is 5.43. The third-order valence-corrected chi connectivity index (χ3v) is 5.32. The molecule has 0 nitrogen and oxygen atoms in total. The Morgan fingerprint density at radius 2 is 1.73 bits per heavy atom. The van der Waals surface area contributed by atoms with Gasteiger partial charge >= 0.3 is 60.8 Å². The van der Waals surface area contributed by atoms with Crippen LogP contribution in [0.5, 0.6) is 0 Å². The summed E-state index contributed by atoms with van der Waals surface area (Å²) in [6, 6.07) is 0. The first-order chi connectivity index (χ1) is 4.11. The van der Waals surface area contributed by atoms with E-state index in [4.69, 9.17) is 0 Å². The Labute approximate surface area is 85.3 Å². The molecule has 0 radical (unpaired) electrons.